The highest BCUT2D eigenvalue weighted by molar-refractivity contribution is 5.79. The number of methoxy groups -OCH3 is 1. The van der Waals surface area contributed by atoms with Crippen molar-refractivity contribution in [3.05, 3.63) is 30.1 Å². The minimum absolute atomic E-state index is 0.208. The van der Waals surface area contributed by atoms with Gasteiger partial charge in [0.1, 0.15) is 0 Å². The predicted molar refractivity (Wildman–Crippen MR) is 84.3 cm³/mol. The molecule has 0 N–H and O–H groups in total. The summed E-state index contributed by atoms with van der Waals surface area (Å²) < 4.78 is 5.10. The second kappa shape index (κ2) is 6.75. The molecule has 0 atom stereocenters. The van der Waals surface area contributed by atoms with Crippen molar-refractivity contribution in [3.8, 4) is 0 Å². The van der Waals surface area contributed by atoms with Gasteiger partial charge in [-0.2, -0.15) is 0 Å². The number of likely N-dealkylation sites (tertiary alicyclic amines) is 2. The van der Waals surface area contributed by atoms with Gasteiger partial charge in [0.25, 0.3) is 0 Å². The molecule has 22 heavy (non-hydrogen) atoms. The van der Waals surface area contributed by atoms with Gasteiger partial charge in [-0.25, -0.2) is 0 Å². The summed E-state index contributed by atoms with van der Waals surface area (Å²) in [7, 11) is 1.69. The zero-order valence-corrected chi connectivity index (χ0v) is 13.3. The van der Waals surface area contributed by atoms with Crippen LogP contribution in [0.1, 0.15) is 24.8 Å². The van der Waals surface area contributed by atoms with Gasteiger partial charge in [-0.15, -0.1) is 0 Å². The fourth-order valence-electron chi connectivity index (χ4n) is 3.65. The van der Waals surface area contributed by atoms with Gasteiger partial charge < -0.3 is 9.64 Å². The molecule has 5 heteroatoms. The van der Waals surface area contributed by atoms with Crippen molar-refractivity contribution in [1.82, 2.24) is 14.8 Å². The molecule has 2 aliphatic rings. The molecular formula is C17H25N3O2. The van der Waals surface area contributed by atoms with E-state index in [0.29, 0.717) is 12.5 Å². The van der Waals surface area contributed by atoms with Crippen molar-refractivity contribution >= 4 is 5.91 Å². The quantitative estimate of drug-likeness (QED) is 0.828. The monoisotopic (exact) mass is 303 g/mol. The van der Waals surface area contributed by atoms with Crippen molar-refractivity contribution in [2.24, 2.45) is 5.41 Å². The third kappa shape index (κ3) is 3.47. The molecule has 1 spiro atoms. The van der Waals surface area contributed by atoms with Crippen LogP contribution in [-0.2, 0) is 16.1 Å². The Bertz CT molecular complexity index is 498. The number of nitrogens with zero attached hydrogens (tertiary/aromatic N) is 3. The summed E-state index contributed by atoms with van der Waals surface area (Å²) in [5.41, 5.74) is 1.52. The summed E-state index contributed by atoms with van der Waals surface area (Å²) in [6, 6.07) is 4.16. The molecule has 3 rings (SSSR count). The molecule has 120 valence electrons. The van der Waals surface area contributed by atoms with E-state index in [4.69, 9.17) is 4.74 Å². The topological polar surface area (TPSA) is 45.7 Å². The molecule has 0 aromatic carbocycles. The van der Waals surface area contributed by atoms with Crippen LogP contribution in [0.25, 0.3) is 0 Å². The number of piperidine rings is 1. The summed E-state index contributed by atoms with van der Waals surface area (Å²) in [5.74, 6) is 0.305. The highest BCUT2D eigenvalue weighted by atomic mass is 16.5. The summed E-state index contributed by atoms with van der Waals surface area (Å²) >= 11 is 0. The largest absolute Gasteiger partial charge is 0.383 e. The zero-order valence-electron chi connectivity index (χ0n) is 13.3. The van der Waals surface area contributed by atoms with E-state index in [0.717, 1.165) is 52.0 Å². The van der Waals surface area contributed by atoms with Crippen LogP contribution in [0.15, 0.2) is 24.5 Å². The van der Waals surface area contributed by atoms with Gasteiger partial charge in [0.05, 0.1) is 6.61 Å². The smallest absolute Gasteiger partial charge is 0.223 e. The first-order valence-corrected chi connectivity index (χ1v) is 8.09. The maximum Gasteiger partial charge on any atom is 0.223 e. The number of carbonyl (C=O) groups excluding carboxylic acids is 1. The minimum Gasteiger partial charge on any atom is -0.383 e. The lowest BCUT2D eigenvalue weighted by molar-refractivity contribution is -0.128. The number of rotatable bonds is 5. The summed E-state index contributed by atoms with van der Waals surface area (Å²) in [4.78, 5) is 20.7. The van der Waals surface area contributed by atoms with Gasteiger partial charge in [-0.05, 0) is 49.0 Å². The summed E-state index contributed by atoms with van der Waals surface area (Å²) in [6.45, 7) is 5.42. The van der Waals surface area contributed by atoms with Gasteiger partial charge in [-0.3, -0.25) is 14.7 Å². The molecule has 0 aliphatic carbocycles. The first kappa shape index (κ1) is 15.4. The normalized spacial score (nSPS) is 21.7. The molecule has 1 aromatic heterocycles. The number of amides is 1. The molecule has 0 radical (unpaired) electrons. The van der Waals surface area contributed by atoms with E-state index in [2.05, 4.69) is 22.0 Å². The van der Waals surface area contributed by atoms with Crippen molar-refractivity contribution in [2.75, 3.05) is 39.9 Å². The summed E-state index contributed by atoms with van der Waals surface area (Å²) in [6.07, 6.45) is 6.66. The lowest BCUT2D eigenvalue weighted by atomic mass is 9.77. The van der Waals surface area contributed by atoms with Gasteiger partial charge in [0.15, 0.2) is 0 Å². The molecule has 5 nitrogen and oxygen atoms in total. The van der Waals surface area contributed by atoms with Crippen molar-refractivity contribution in [1.29, 1.82) is 0 Å². The fraction of sp³-hybridized carbons (Fsp3) is 0.647. The van der Waals surface area contributed by atoms with E-state index < -0.39 is 0 Å². The molecule has 0 saturated carbocycles. The molecule has 0 unspecified atom stereocenters. The Balaban J connectivity index is 1.52. The third-order valence-electron chi connectivity index (χ3n) is 5.04. The SMILES string of the molecule is COCCN1CC2(CCN(Cc3ccncc3)CC2)CC1=O. The van der Waals surface area contributed by atoms with Crippen molar-refractivity contribution in [2.45, 2.75) is 25.8 Å². The number of pyridine rings is 1. The van der Waals surface area contributed by atoms with Gasteiger partial charge in [0, 0.05) is 45.6 Å². The first-order valence-electron chi connectivity index (χ1n) is 8.09. The lowest BCUT2D eigenvalue weighted by Crippen LogP contribution is -2.41. The number of carbonyl (C=O) groups is 1. The van der Waals surface area contributed by atoms with Crippen LogP contribution in [-0.4, -0.2) is 60.6 Å². The highest BCUT2D eigenvalue weighted by Gasteiger charge is 2.44. The highest BCUT2D eigenvalue weighted by Crippen LogP contribution is 2.41. The Kier molecular flexibility index (Phi) is 4.74. The number of ether oxygens (including phenoxy) is 1. The van der Waals surface area contributed by atoms with E-state index in [9.17, 15) is 4.79 Å². The van der Waals surface area contributed by atoms with Gasteiger partial charge in [-0.1, -0.05) is 0 Å². The van der Waals surface area contributed by atoms with E-state index in [1.165, 1.54) is 5.56 Å². The molecule has 2 fully saturated rings. The number of hydrogen-bond acceptors (Lipinski definition) is 4. The van der Waals surface area contributed by atoms with Crippen LogP contribution < -0.4 is 0 Å². The standard InChI is InChI=1S/C17H25N3O2/c1-22-11-10-20-14-17(12-16(20)21)4-8-19(9-5-17)13-15-2-6-18-7-3-15/h2-3,6-7H,4-5,8-14H2,1H3. The van der Waals surface area contributed by atoms with E-state index in [1.807, 2.05) is 17.3 Å². The second-order valence-corrected chi connectivity index (χ2v) is 6.62. The van der Waals surface area contributed by atoms with Crippen LogP contribution in [0.2, 0.25) is 0 Å². The van der Waals surface area contributed by atoms with Gasteiger partial charge in [0.2, 0.25) is 5.91 Å². The van der Waals surface area contributed by atoms with Crippen LogP contribution in [0.5, 0.6) is 0 Å². The Hall–Kier alpha value is -1.46. The van der Waals surface area contributed by atoms with Crippen LogP contribution in [0, 0.1) is 5.41 Å². The van der Waals surface area contributed by atoms with E-state index >= 15 is 0 Å². The van der Waals surface area contributed by atoms with E-state index in [1.54, 1.807) is 7.11 Å². The van der Waals surface area contributed by atoms with Crippen LogP contribution in [0.4, 0.5) is 0 Å². The Labute approximate surface area is 132 Å². The van der Waals surface area contributed by atoms with Gasteiger partial charge >= 0.3 is 0 Å². The van der Waals surface area contributed by atoms with Crippen molar-refractivity contribution < 1.29 is 9.53 Å². The minimum atomic E-state index is 0.208. The number of hydrogen-bond donors (Lipinski definition) is 0. The van der Waals surface area contributed by atoms with Crippen molar-refractivity contribution in [3.63, 3.8) is 0 Å². The molecule has 2 saturated heterocycles. The summed E-state index contributed by atoms with van der Waals surface area (Å²) in [5, 5.41) is 0. The number of aromatic nitrogens is 1. The lowest BCUT2D eigenvalue weighted by Gasteiger charge is -2.38. The average molecular weight is 303 g/mol. The second-order valence-electron chi connectivity index (χ2n) is 6.62. The molecule has 1 amide bonds. The van der Waals surface area contributed by atoms with Crippen LogP contribution >= 0.6 is 0 Å². The maximum absolute atomic E-state index is 12.2. The zero-order chi connectivity index (χ0) is 15.4. The average Bonchev–Trinajstić information content (AvgIpc) is 2.85. The molecule has 1 aromatic rings. The Morgan fingerprint density at radius 1 is 1.27 bits per heavy atom. The third-order valence-corrected chi connectivity index (χ3v) is 5.04. The van der Waals surface area contributed by atoms with Crippen LogP contribution in [0.3, 0.4) is 0 Å². The molecule has 3 heterocycles. The maximum atomic E-state index is 12.2. The Morgan fingerprint density at radius 2 is 2.00 bits per heavy atom. The molecule has 2 aliphatic heterocycles. The van der Waals surface area contributed by atoms with E-state index in [-0.39, 0.29) is 5.41 Å². The Morgan fingerprint density at radius 3 is 2.68 bits per heavy atom. The fourth-order valence-corrected chi connectivity index (χ4v) is 3.65. The molecule has 0 bridgehead atoms. The first-order chi connectivity index (χ1) is 10.7. The molecular weight excluding hydrogens is 278 g/mol. The predicted octanol–water partition coefficient (Wildman–Crippen LogP) is 1.54.